The van der Waals surface area contributed by atoms with Crippen LogP contribution in [0.3, 0.4) is 0 Å². The van der Waals surface area contributed by atoms with Crippen molar-refractivity contribution in [2.45, 2.75) is 19.9 Å². The zero-order chi connectivity index (χ0) is 24.1. The van der Waals surface area contributed by atoms with E-state index in [4.69, 9.17) is 14.9 Å². The zero-order valence-corrected chi connectivity index (χ0v) is 18.7. The van der Waals surface area contributed by atoms with Crippen LogP contribution >= 0.6 is 0 Å². The van der Waals surface area contributed by atoms with E-state index in [0.717, 1.165) is 39.1 Å². The Balaban J connectivity index is 0.000000414. The molecule has 3 rings (SSSR count). The Labute approximate surface area is 193 Å². The molecule has 2 aromatic rings. The van der Waals surface area contributed by atoms with Crippen LogP contribution in [0.2, 0.25) is 0 Å². The molecule has 176 valence electrons. The topological polar surface area (TPSA) is 107 Å². The number of ether oxygens (including phenoxy) is 1. The van der Waals surface area contributed by atoms with Crippen molar-refractivity contribution >= 4 is 18.0 Å². The van der Waals surface area contributed by atoms with Crippen LogP contribution in [0, 0.1) is 0 Å². The van der Waals surface area contributed by atoms with Gasteiger partial charge in [-0.25, -0.2) is 14.4 Å². The highest BCUT2D eigenvalue weighted by Gasteiger charge is 2.22. The molecule has 8 nitrogen and oxygen atoms in total. The minimum Gasteiger partial charge on any atom is -0.478 e. The van der Waals surface area contributed by atoms with Crippen LogP contribution in [0.15, 0.2) is 66.7 Å². The zero-order valence-electron chi connectivity index (χ0n) is 18.7. The SMILES string of the molecule is CCOC(=O)N1CCN(Cc2ccccc2Cc2ccccc2)CC1.O=C(O)/C=C/C(=O)O. The number of carbonyl (C=O) groups excluding carboxylic acids is 1. The predicted molar refractivity (Wildman–Crippen MR) is 124 cm³/mol. The van der Waals surface area contributed by atoms with Crippen LogP contribution in [0.25, 0.3) is 0 Å². The number of aliphatic carboxylic acids is 2. The molecule has 2 aromatic carbocycles. The summed E-state index contributed by atoms with van der Waals surface area (Å²) in [5.74, 6) is -2.51. The molecule has 0 aromatic heterocycles. The van der Waals surface area contributed by atoms with Gasteiger partial charge in [0.25, 0.3) is 0 Å². The average molecular weight is 455 g/mol. The van der Waals surface area contributed by atoms with E-state index < -0.39 is 11.9 Å². The Morgan fingerprint density at radius 1 is 0.848 bits per heavy atom. The lowest BCUT2D eigenvalue weighted by atomic mass is 9.99. The molecule has 8 heteroatoms. The fraction of sp³-hybridized carbons (Fsp3) is 0.320. The summed E-state index contributed by atoms with van der Waals surface area (Å²) >= 11 is 0. The molecule has 0 spiro atoms. The number of amides is 1. The lowest BCUT2D eigenvalue weighted by molar-refractivity contribution is -0.134. The quantitative estimate of drug-likeness (QED) is 0.618. The van der Waals surface area contributed by atoms with Gasteiger partial charge in [0.15, 0.2) is 0 Å². The van der Waals surface area contributed by atoms with E-state index in [0.29, 0.717) is 18.8 Å². The molecule has 1 heterocycles. The minimum atomic E-state index is -1.26. The summed E-state index contributed by atoms with van der Waals surface area (Å²) in [5.41, 5.74) is 4.08. The molecule has 0 bridgehead atoms. The molecular weight excluding hydrogens is 424 g/mol. The molecule has 0 unspecified atom stereocenters. The van der Waals surface area contributed by atoms with Crippen LogP contribution in [0.4, 0.5) is 4.79 Å². The molecule has 1 fully saturated rings. The summed E-state index contributed by atoms with van der Waals surface area (Å²) in [6.45, 7) is 6.46. The second-order valence-electron chi connectivity index (χ2n) is 7.40. The van der Waals surface area contributed by atoms with Crippen LogP contribution in [-0.2, 0) is 27.3 Å². The third-order valence-corrected chi connectivity index (χ3v) is 5.02. The highest BCUT2D eigenvalue weighted by atomic mass is 16.6. The summed E-state index contributed by atoms with van der Waals surface area (Å²) in [5, 5.41) is 15.6. The molecule has 33 heavy (non-hydrogen) atoms. The van der Waals surface area contributed by atoms with Crippen LogP contribution in [-0.4, -0.2) is 70.8 Å². The second-order valence-corrected chi connectivity index (χ2v) is 7.40. The van der Waals surface area contributed by atoms with Gasteiger partial charge in [-0.15, -0.1) is 0 Å². The highest BCUT2D eigenvalue weighted by Crippen LogP contribution is 2.17. The maximum atomic E-state index is 11.8. The van der Waals surface area contributed by atoms with Crippen LogP contribution in [0.5, 0.6) is 0 Å². The van der Waals surface area contributed by atoms with Gasteiger partial charge in [0, 0.05) is 44.9 Å². The van der Waals surface area contributed by atoms with Crippen molar-refractivity contribution < 1.29 is 29.3 Å². The number of nitrogens with zero attached hydrogens (tertiary/aromatic N) is 2. The van der Waals surface area contributed by atoms with E-state index in [1.807, 2.05) is 6.92 Å². The summed E-state index contributed by atoms with van der Waals surface area (Å²) in [6, 6.07) is 19.2. The van der Waals surface area contributed by atoms with Gasteiger partial charge < -0.3 is 19.8 Å². The molecule has 1 aliphatic rings. The average Bonchev–Trinajstić information content (AvgIpc) is 2.81. The van der Waals surface area contributed by atoms with Gasteiger partial charge in [0.2, 0.25) is 0 Å². The van der Waals surface area contributed by atoms with Crippen molar-refractivity contribution in [1.29, 1.82) is 0 Å². The van der Waals surface area contributed by atoms with Gasteiger partial charge >= 0.3 is 18.0 Å². The number of carboxylic acids is 2. The van der Waals surface area contributed by atoms with Crippen molar-refractivity contribution in [3.63, 3.8) is 0 Å². The van der Waals surface area contributed by atoms with E-state index in [-0.39, 0.29) is 6.09 Å². The molecule has 1 amide bonds. The first-order valence-electron chi connectivity index (χ1n) is 10.8. The van der Waals surface area contributed by atoms with Crippen molar-refractivity contribution in [2.24, 2.45) is 0 Å². The maximum Gasteiger partial charge on any atom is 0.409 e. The number of carboxylic acid groups (broad SMARTS) is 2. The van der Waals surface area contributed by atoms with Gasteiger partial charge in [0.1, 0.15) is 0 Å². The molecular formula is C25H30N2O6. The number of hydrogen-bond acceptors (Lipinski definition) is 5. The number of carbonyl (C=O) groups is 3. The van der Waals surface area contributed by atoms with Gasteiger partial charge in [-0.05, 0) is 30.0 Å². The largest absolute Gasteiger partial charge is 0.478 e. The summed E-state index contributed by atoms with van der Waals surface area (Å²) in [4.78, 5) is 35.1. The maximum absolute atomic E-state index is 11.8. The third kappa shape index (κ3) is 9.57. The number of piperazine rings is 1. The Kier molecular flexibility index (Phi) is 10.6. The molecule has 0 radical (unpaired) electrons. The lowest BCUT2D eigenvalue weighted by Gasteiger charge is -2.34. The van der Waals surface area contributed by atoms with Gasteiger partial charge in [-0.2, -0.15) is 0 Å². The van der Waals surface area contributed by atoms with E-state index >= 15 is 0 Å². The number of rotatable bonds is 7. The first kappa shape index (κ1) is 25.6. The van der Waals surface area contributed by atoms with E-state index in [1.54, 1.807) is 4.90 Å². The molecule has 1 saturated heterocycles. The van der Waals surface area contributed by atoms with Crippen molar-refractivity contribution in [3.8, 4) is 0 Å². The third-order valence-electron chi connectivity index (χ3n) is 5.02. The lowest BCUT2D eigenvalue weighted by Crippen LogP contribution is -2.48. The molecule has 0 saturated carbocycles. The molecule has 0 atom stereocenters. The summed E-state index contributed by atoms with van der Waals surface area (Å²) in [7, 11) is 0. The smallest absolute Gasteiger partial charge is 0.409 e. The van der Waals surface area contributed by atoms with Gasteiger partial charge in [0.05, 0.1) is 6.61 Å². The van der Waals surface area contributed by atoms with Crippen LogP contribution < -0.4 is 0 Å². The van der Waals surface area contributed by atoms with E-state index in [9.17, 15) is 14.4 Å². The minimum absolute atomic E-state index is 0.188. The first-order chi connectivity index (χ1) is 15.9. The summed E-state index contributed by atoms with van der Waals surface area (Å²) < 4.78 is 5.09. The monoisotopic (exact) mass is 454 g/mol. The first-order valence-corrected chi connectivity index (χ1v) is 10.8. The standard InChI is InChI=1S/C21H26N2O2.C4H4O4/c1-2-25-21(24)23-14-12-22(13-15-23)17-20-11-7-6-10-19(20)16-18-8-4-3-5-9-18;5-3(6)1-2-4(7)8/h3-11H,2,12-17H2,1H3;1-2H,(H,5,6)(H,7,8)/b;2-1+. The number of hydrogen-bond donors (Lipinski definition) is 2. The van der Waals surface area contributed by atoms with Crippen molar-refractivity contribution in [1.82, 2.24) is 9.80 Å². The van der Waals surface area contributed by atoms with Crippen molar-refractivity contribution in [2.75, 3.05) is 32.8 Å². The Hall–Kier alpha value is -3.65. The van der Waals surface area contributed by atoms with E-state index in [1.165, 1.54) is 16.7 Å². The Morgan fingerprint density at radius 3 is 1.94 bits per heavy atom. The van der Waals surface area contributed by atoms with Gasteiger partial charge in [-0.3, -0.25) is 4.90 Å². The molecule has 1 aliphatic heterocycles. The normalized spacial score (nSPS) is 13.8. The molecule has 0 aliphatic carbocycles. The highest BCUT2D eigenvalue weighted by molar-refractivity contribution is 5.89. The number of benzene rings is 2. The Morgan fingerprint density at radius 2 is 1.39 bits per heavy atom. The van der Waals surface area contributed by atoms with Gasteiger partial charge in [-0.1, -0.05) is 54.6 Å². The van der Waals surface area contributed by atoms with Crippen molar-refractivity contribution in [3.05, 3.63) is 83.4 Å². The van der Waals surface area contributed by atoms with Crippen LogP contribution in [0.1, 0.15) is 23.6 Å². The predicted octanol–water partition coefficient (Wildman–Crippen LogP) is 3.26. The second kappa shape index (κ2) is 13.7. The fourth-order valence-electron chi connectivity index (χ4n) is 3.39. The fourth-order valence-corrected chi connectivity index (χ4v) is 3.39. The Bertz CT molecular complexity index is 921. The van der Waals surface area contributed by atoms with E-state index in [2.05, 4.69) is 59.5 Å². The molecule has 2 N–H and O–H groups in total. The summed E-state index contributed by atoms with van der Waals surface area (Å²) in [6.07, 6.45) is 1.89.